The standard InChI is InChI=1S/C22H32N4O5/c1-15-10-16(2)13-24(12-15)22(3,4)14-23-20(27)6-5-9-25-18-8-7-17(26(29)30)11-19(18)31-21(25)28/h7-8,11,15-16H,5-6,9-10,12-14H2,1-4H3,(H,23,27). The molecular formula is C22H32N4O5. The average molecular weight is 433 g/mol. The van der Waals surface area contributed by atoms with Gasteiger partial charge in [-0.2, -0.15) is 0 Å². The number of nitro benzene ring substituents is 1. The van der Waals surface area contributed by atoms with Gasteiger partial charge in [-0.1, -0.05) is 13.8 Å². The number of amides is 1. The number of aryl methyl sites for hydroxylation is 1. The molecule has 0 saturated carbocycles. The Morgan fingerprint density at radius 1 is 1.29 bits per heavy atom. The van der Waals surface area contributed by atoms with Crippen molar-refractivity contribution in [3.05, 3.63) is 38.9 Å². The number of carbonyl (C=O) groups is 1. The molecule has 0 aliphatic carbocycles. The molecule has 1 aliphatic heterocycles. The van der Waals surface area contributed by atoms with Crippen molar-refractivity contribution in [2.45, 2.75) is 59.0 Å². The topological polar surface area (TPSA) is 111 Å². The van der Waals surface area contributed by atoms with Crippen LogP contribution < -0.4 is 11.1 Å². The van der Waals surface area contributed by atoms with Gasteiger partial charge in [-0.25, -0.2) is 4.79 Å². The lowest BCUT2D eigenvalue weighted by molar-refractivity contribution is -0.384. The van der Waals surface area contributed by atoms with Crippen LogP contribution in [-0.4, -0.2) is 45.5 Å². The molecule has 1 aromatic carbocycles. The molecule has 9 heteroatoms. The zero-order chi connectivity index (χ0) is 22.8. The summed E-state index contributed by atoms with van der Waals surface area (Å²) in [6, 6.07) is 4.08. The third kappa shape index (κ3) is 5.52. The van der Waals surface area contributed by atoms with Crippen molar-refractivity contribution >= 4 is 22.7 Å². The molecule has 2 unspecified atom stereocenters. The number of non-ortho nitro benzene ring substituents is 1. The Kier molecular flexibility index (Phi) is 6.83. The fourth-order valence-corrected chi connectivity index (χ4v) is 4.45. The van der Waals surface area contributed by atoms with E-state index in [1.165, 1.54) is 29.2 Å². The molecule has 9 nitrogen and oxygen atoms in total. The Labute approximate surface area is 181 Å². The van der Waals surface area contributed by atoms with E-state index in [2.05, 4.69) is 37.9 Å². The molecule has 170 valence electrons. The van der Waals surface area contributed by atoms with E-state index in [-0.39, 0.29) is 29.1 Å². The molecule has 0 spiro atoms. The Hall–Kier alpha value is -2.68. The number of oxazole rings is 1. The number of hydrogen-bond donors (Lipinski definition) is 1. The number of piperidine rings is 1. The lowest BCUT2D eigenvalue weighted by atomic mass is 9.88. The maximum absolute atomic E-state index is 12.4. The first-order valence-corrected chi connectivity index (χ1v) is 10.9. The minimum Gasteiger partial charge on any atom is -0.407 e. The van der Waals surface area contributed by atoms with E-state index < -0.39 is 10.7 Å². The smallest absolute Gasteiger partial charge is 0.407 e. The number of carbonyl (C=O) groups excluding carboxylic acids is 1. The van der Waals surface area contributed by atoms with Gasteiger partial charge in [0.1, 0.15) is 0 Å². The molecule has 0 bridgehead atoms. The highest BCUT2D eigenvalue weighted by Crippen LogP contribution is 2.27. The first-order chi connectivity index (χ1) is 14.6. The number of rotatable bonds is 8. The second kappa shape index (κ2) is 9.21. The lowest BCUT2D eigenvalue weighted by Crippen LogP contribution is -2.56. The molecular weight excluding hydrogens is 400 g/mol. The molecule has 2 heterocycles. The Morgan fingerprint density at radius 3 is 2.61 bits per heavy atom. The van der Waals surface area contributed by atoms with Crippen LogP contribution in [0.1, 0.15) is 47.0 Å². The SMILES string of the molecule is CC1CC(C)CN(C(C)(C)CNC(=O)CCCn2c(=O)oc3cc([N+](=O)[O-])ccc32)C1. The van der Waals surface area contributed by atoms with E-state index in [0.29, 0.717) is 36.9 Å². The molecule has 1 N–H and O–H groups in total. The fourth-order valence-electron chi connectivity index (χ4n) is 4.45. The van der Waals surface area contributed by atoms with E-state index in [1.54, 1.807) is 0 Å². The highest BCUT2D eigenvalue weighted by atomic mass is 16.6. The predicted molar refractivity (Wildman–Crippen MR) is 118 cm³/mol. The van der Waals surface area contributed by atoms with Crippen LogP contribution in [0.3, 0.4) is 0 Å². The quantitative estimate of drug-likeness (QED) is 0.507. The van der Waals surface area contributed by atoms with Gasteiger partial charge in [0.2, 0.25) is 5.91 Å². The normalized spacial score (nSPS) is 20.1. The highest BCUT2D eigenvalue weighted by Gasteiger charge is 2.32. The van der Waals surface area contributed by atoms with Gasteiger partial charge >= 0.3 is 5.76 Å². The monoisotopic (exact) mass is 432 g/mol. The molecule has 1 aliphatic rings. The number of aromatic nitrogens is 1. The van der Waals surface area contributed by atoms with Crippen LogP contribution in [-0.2, 0) is 11.3 Å². The van der Waals surface area contributed by atoms with Crippen LogP contribution >= 0.6 is 0 Å². The van der Waals surface area contributed by atoms with Crippen molar-refractivity contribution < 1.29 is 14.1 Å². The van der Waals surface area contributed by atoms with Gasteiger partial charge in [0.05, 0.1) is 16.5 Å². The number of nitrogens with zero attached hydrogens (tertiary/aromatic N) is 3. The minimum atomic E-state index is -0.578. The van der Waals surface area contributed by atoms with Crippen molar-refractivity contribution in [1.29, 1.82) is 0 Å². The van der Waals surface area contributed by atoms with Crippen LogP contribution in [0.2, 0.25) is 0 Å². The summed E-state index contributed by atoms with van der Waals surface area (Å²) in [5.41, 5.74) is 0.416. The Morgan fingerprint density at radius 2 is 1.97 bits per heavy atom. The molecule has 3 rings (SSSR count). The van der Waals surface area contributed by atoms with Crippen LogP contribution in [0.5, 0.6) is 0 Å². The lowest BCUT2D eigenvalue weighted by Gasteiger charge is -2.45. The van der Waals surface area contributed by atoms with Crippen molar-refractivity contribution in [3.8, 4) is 0 Å². The van der Waals surface area contributed by atoms with E-state index in [4.69, 9.17) is 4.42 Å². The maximum Gasteiger partial charge on any atom is 0.419 e. The largest absolute Gasteiger partial charge is 0.419 e. The molecule has 2 atom stereocenters. The van der Waals surface area contributed by atoms with Gasteiger partial charge in [-0.05, 0) is 44.6 Å². The van der Waals surface area contributed by atoms with E-state index in [1.807, 2.05) is 0 Å². The second-order valence-electron chi connectivity index (χ2n) is 9.47. The Balaban J connectivity index is 1.52. The van der Waals surface area contributed by atoms with Gasteiger partial charge in [0, 0.05) is 44.2 Å². The van der Waals surface area contributed by atoms with Crippen molar-refractivity contribution in [2.24, 2.45) is 11.8 Å². The van der Waals surface area contributed by atoms with Crippen LogP contribution in [0, 0.1) is 22.0 Å². The van der Waals surface area contributed by atoms with Crippen molar-refractivity contribution in [3.63, 3.8) is 0 Å². The van der Waals surface area contributed by atoms with E-state index >= 15 is 0 Å². The number of nitro groups is 1. The van der Waals surface area contributed by atoms with Crippen molar-refractivity contribution in [2.75, 3.05) is 19.6 Å². The fraction of sp³-hybridized carbons (Fsp3) is 0.636. The molecule has 1 amide bonds. The molecule has 2 aromatic rings. The number of hydrogen-bond acceptors (Lipinski definition) is 6. The number of benzene rings is 1. The van der Waals surface area contributed by atoms with Crippen LogP contribution in [0.15, 0.2) is 27.4 Å². The van der Waals surface area contributed by atoms with E-state index in [0.717, 1.165) is 13.1 Å². The van der Waals surface area contributed by atoms with Crippen molar-refractivity contribution in [1.82, 2.24) is 14.8 Å². The summed E-state index contributed by atoms with van der Waals surface area (Å²) < 4.78 is 6.53. The van der Waals surface area contributed by atoms with Gasteiger partial charge in [-0.15, -0.1) is 0 Å². The van der Waals surface area contributed by atoms with Gasteiger partial charge in [0.15, 0.2) is 5.58 Å². The molecule has 1 saturated heterocycles. The predicted octanol–water partition coefficient (Wildman–Crippen LogP) is 3.16. The second-order valence-corrected chi connectivity index (χ2v) is 9.47. The first kappa shape index (κ1) is 23.0. The summed E-state index contributed by atoms with van der Waals surface area (Å²) in [5, 5.41) is 13.9. The molecule has 1 aromatic heterocycles. The zero-order valence-corrected chi connectivity index (χ0v) is 18.7. The molecule has 1 fully saturated rings. The van der Waals surface area contributed by atoms with Crippen LogP contribution in [0.25, 0.3) is 11.1 Å². The number of fused-ring (bicyclic) bond motifs is 1. The Bertz CT molecular complexity index is 999. The number of likely N-dealkylation sites (tertiary alicyclic amines) is 1. The highest BCUT2D eigenvalue weighted by molar-refractivity contribution is 5.76. The molecule has 31 heavy (non-hydrogen) atoms. The third-order valence-electron chi connectivity index (χ3n) is 6.09. The van der Waals surface area contributed by atoms with Gasteiger partial charge < -0.3 is 9.73 Å². The van der Waals surface area contributed by atoms with Gasteiger partial charge in [0.25, 0.3) is 5.69 Å². The minimum absolute atomic E-state index is 0.0531. The summed E-state index contributed by atoms with van der Waals surface area (Å²) >= 11 is 0. The number of nitrogens with one attached hydrogen (secondary N) is 1. The van der Waals surface area contributed by atoms with Gasteiger partial charge in [-0.3, -0.25) is 24.4 Å². The first-order valence-electron chi connectivity index (χ1n) is 10.9. The summed E-state index contributed by atoms with van der Waals surface area (Å²) in [5.74, 6) is 0.680. The molecule has 0 radical (unpaired) electrons. The van der Waals surface area contributed by atoms with Crippen LogP contribution in [0.4, 0.5) is 5.69 Å². The summed E-state index contributed by atoms with van der Waals surface area (Å²) in [6.45, 7) is 11.8. The summed E-state index contributed by atoms with van der Waals surface area (Å²) in [4.78, 5) is 37.3. The maximum atomic E-state index is 12.4. The summed E-state index contributed by atoms with van der Waals surface area (Å²) in [7, 11) is 0. The van der Waals surface area contributed by atoms with E-state index in [9.17, 15) is 19.7 Å². The zero-order valence-electron chi connectivity index (χ0n) is 18.7. The average Bonchev–Trinajstić information content (AvgIpc) is 3.00. The third-order valence-corrected chi connectivity index (χ3v) is 6.09. The summed E-state index contributed by atoms with van der Waals surface area (Å²) in [6.07, 6.45) is 2.00.